The van der Waals surface area contributed by atoms with Gasteiger partial charge in [-0.15, -0.1) is 0 Å². The fourth-order valence-corrected chi connectivity index (χ4v) is 2.67. The molecule has 0 aromatic heterocycles. The molecule has 23 heavy (non-hydrogen) atoms. The van der Waals surface area contributed by atoms with Crippen LogP contribution in [0.1, 0.15) is 96.8 Å². The lowest BCUT2D eigenvalue weighted by atomic mass is 10.1. The Kier molecular flexibility index (Phi) is 16.8. The fourth-order valence-electron chi connectivity index (χ4n) is 2.56. The first-order valence-corrected chi connectivity index (χ1v) is 9.82. The van der Waals surface area contributed by atoms with Gasteiger partial charge < -0.3 is 11.1 Å². The third-order valence-electron chi connectivity index (χ3n) is 3.93. The second-order valence-corrected chi connectivity index (χ2v) is 6.69. The highest BCUT2D eigenvalue weighted by atomic mass is 32.1. The van der Waals surface area contributed by atoms with Gasteiger partial charge in [-0.25, -0.2) is 0 Å². The standard InChI is InChI=1S/C19H36N2OS/c1-2-3-4-5-6-7-8-9-10-11-12-13-14-15-16-17-18(22)21-19(20)23/h9-10H,2-8,11-17H2,1H3,(H3,20,21,22,23)/b10-9+. The van der Waals surface area contributed by atoms with Gasteiger partial charge in [0.05, 0.1) is 0 Å². The number of nitrogens with one attached hydrogen (secondary N) is 1. The van der Waals surface area contributed by atoms with E-state index in [2.05, 4.69) is 36.6 Å². The zero-order valence-electron chi connectivity index (χ0n) is 14.9. The van der Waals surface area contributed by atoms with Gasteiger partial charge in [0.25, 0.3) is 0 Å². The van der Waals surface area contributed by atoms with Crippen LogP contribution in [-0.4, -0.2) is 11.0 Å². The summed E-state index contributed by atoms with van der Waals surface area (Å²) in [5.41, 5.74) is 5.24. The monoisotopic (exact) mass is 340 g/mol. The Morgan fingerprint density at radius 1 is 0.870 bits per heavy atom. The topological polar surface area (TPSA) is 55.1 Å². The molecule has 0 unspecified atom stereocenters. The van der Waals surface area contributed by atoms with Crippen LogP contribution in [-0.2, 0) is 4.79 Å². The van der Waals surface area contributed by atoms with Crippen molar-refractivity contribution in [2.45, 2.75) is 96.8 Å². The first kappa shape index (κ1) is 22.1. The zero-order valence-corrected chi connectivity index (χ0v) is 15.8. The Bertz CT molecular complexity index is 329. The molecule has 0 aliphatic heterocycles. The number of rotatable bonds is 15. The van der Waals surface area contributed by atoms with Gasteiger partial charge in [0.1, 0.15) is 0 Å². The average Bonchev–Trinajstić information content (AvgIpc) is 2.50. The van der Waals surface area contributed by atoms with E-state index in [1.54, 1.807) is 0 Å². The number of amides is 1. The van der Waals surface area contributed by atoms with Crippen molar-refractivity contribution in [3.8, 4) is 0 Å². The summed E-state index contributed by atoms with van der Waals surface area (Å²) in [6.45, 7) is 2.26. The predicted molar refractivity (Wildman–Crippen MR) is 104 cm³/mol. The maximum absolute atomic E-state index is 11.3. The van der Waals surface area contributed by atoms with E-state index in [0.717, 1.165) is 12.8 Å². The molecular formula is C19H36N2OS. The number of unbranched alkanes of at least 4 members (excludes halogenated alkanes) is 11. The molecule has 0 spiro atoms. The molecule has 1 amide bonds. The van der Waals surface area contributed by atoms with Crippen molar-refractivity contribution < 1.29 is 4.79 Å². The SMILES string of the molecule is CCCCCCCC/C=C/CCCCCCCC(=O)NC(N)=S. The number of thiocarbonyl (C=S) groups is 1. The summed E-state index contributed by atoms with van der Waals surface area (Å²) >= 11 is 4.62. The molecule has 0 radical (unpaired) electrons. The Labute approximate surface area is 148 Å². The summed E-state index contributed by atoms with van der Waals surface area (Å²) in [6.07, 6.45) is 21.6. The number of hydrogen-bond donors (Lipinski definition) is 2. The van der Waals surface area contributed by atoms with Gasteiger partial charge in [0.2, 0.25) is 5.91 Å². The Morgan fingerprint density at radius 2 is 1.35 bits per heavy atom. The van der Waals surface area contributed by atoms with E-state index in [9.17, 15) is 4.79 Å². The molecule has 3 nitrogen and oxygen atoms in total. The minimum Gasteiger partial charge on any atom is -0.376 e. The zero-order chi connectivity index (χ0) is 17.2. The van der Waals surface area contributed by atoms with E-state index < -0.39 is 0 Å². The molecule has 0 atom stereocenters. The van der Waals surface area contributed by atoms with E-state index in [1.165, 1.54) is 70.6 Å². The first-order valence-electron chi connectivity index (χ1n) is 9.41. The molecule has 0 aromatic carbocycles. The molecule has 134 valence electrons. The van der Waals surface area contributed by atoms with Crippen LogP contribution in [0.3, 0.4) is 0 Å². The van der Waals surface area contributed by atoms with Crippen LogP contribution < -0.4 is 11.1 Å². The lowest BCUT2D eigenvalue weighted by Gasteiger charge is -2.02. The van der Waals surface area contributed by atoms with E-state index in [-0.39, 0.29) is 11.0 Å². The molecule has 0 rings (SSSR count). The predicted octanol–water partition coefficient (Wildman–Crippen LogP) is 5.38. The third-order valence-corrected chi connectivity index (χ3v) is 4.03. The molecule has 0 fully saturated rings. The largest absolute Gasteiger partial charge is 0.376 e. The number of nitrogens with two attached hydrogens (primary N) is 1. The summed E-state index contributed by atoms with van der Waals surface area (Å²) in [7, 11) is 0. The fraction of sp³-hybridized carbons (Fsp3) is 0.789. The Hall–Kier alpha value is -0.900. The molecular weight excluding hydrogens is 304 g/mol. The lowest BCUT2D eigenvalue weighted by Crippen LogP contribution is -2.34. The highest BCUT2D eigenvalue weighted by molar-refractivity contribution is 7.80. The molecule has 3 N–H and O–H groups in total. The molecule has 0 aliphatic carbocycles. The van der Waals surface area contributed by atoms with Gasteiger partial charge >= 0.3 is 0 Å². The van der Waals surface area contributed by atoms with Crippen molar-refractivity contribution in [2.24, 2.45) is 5.73 Å². The molecule has 0 aliphatic rings. The maximum atomic E-state index is 11.3. The van der Waals surface area contributed by atoms with E-state index in [4.69, 9.17) is 5.73 Å². The highest BCUT2D eigenvalue weighted by Crippen LogP contribution is 2.09. The number of carbonyl (C=O) groups is 1. The van der Waals surface area contributed by atoms with Crippen LogP contribution in [0.2, 0.25) is 0 Å². The number of hydrogen-bond acceptors (Lipinski definition) is 2. The minimum absolute atomic E-state index is 0.0601. The van der Waals surface area contributed by atoms with E-state index in [1.807, 2.05) is 0 Å². The minimum atomic E-state index is -0.0601. The molecule has 0 saturated heterocycles. The van der Waals surface area contributed by atoms with Crippen LogP contribution in [0.5, 0.6) is 0 Å². The molecule has 0 saturated carbocycles. The van der Waals surface area contributed by atoms with Gasteiger partial charge in [-0.05, 0) is 44.3 Å². The van der Waals surface area contributed by atoms with Crippen LogP contribution in [0.15, 0.2) is 12.2 Å². The van der Waals surface area contributed by atoms with Crippen LogP contribution in [0.25, 0.3) is 0 Å². The third kappa shape index (κ3) is 19.1. The smallest absolute Gasteiger partial charge is 0.226 e. The first-order chi connectivity index (χ1) is 11.2. The van der Waals surface area contributed by atoms with Crippen molar-refractivity contribution in [3.05, 3.63) is 12.2 Å². The number of allylic oxidation sites excluding steroid dienone is 2. The molecule has 0 heterocycles. The molecule has 4 heteroatoms. The maximum Gasteiger partial charge on any atom is 0.226 e. The van der Waals surface area contributed by atoms with Gasteiger partial charge in [-0.1, -0.05) is 70.4 Å². The van der Waals surface area contributed by atoms with Crippen molar-refractivity contribution in [1.82, 2.24) is 5.32 Å². The van der Waals surface area contributed by atoms with Crippen molar-refractivity contribution in [1.29, 1.82) is 0 Å². The molecule has 0 aromatic rings. The van der Waals surface area contributed by atoms with Crippen molar-refractivity contribution in [2.75, 3.05) is 0 Å². The second kappa shape index (κ2) is 17.5. The van der Waals surface area contributed by atoms with Crippen LogP contribution in [0.4, 0.5) is 0 Å². The van der Waals surface area contributed by atoms with E-state index >= 15 is 0 Å². The van der Waals surface area contributed by atoms with Crippen LogP contribution in [0, 0.1) is 0 Å². The average molecular weight is 341 g/mol. The quantitative estimate of drug-likeness (QED) is 0.239. The Balaban J connectivity index is 3.19. The van der Waals surface area contributed by atoms with Gasteiger partial charge in [0.15, 0.2) is 5.11 Å². The van der Waals surface area contributed by atoms with E-state index in [0.29, 0.717) is 6.42 Å². The van der Waals surface area contributed by atoms with Gasteiger partial charge in [0, 0.05) is 6.42 Å². The highest BCUT2D eigenvalue weighted by Gasteiger charge is 2.00. The summed E-state index contributed by atoms with van der Waals surface area (Å²) in [6, 6.07) is 0. The van der Waals surface area contributed by atoms with Crippen molar-refractivity contribution in [3.63, 3.8) is 0 Å². The second-order valence-electron chi connectivity index (χ2n) is 6.25. The molecule has 0 bridgehead atoms. The van der Waals surface area contributed by atoms with Gasteiger partial charge in [-0.3, -0.25) is 4.79 Å². The summed E-state index contributed by atoms with van der Waals surface area (Å²) in [4.78, 5) is 11.3. The van der Waals surface area contributed by atoms with Gasteiger partial charge in [-0.2, -0.15) is 0 Å². The van der Waals surface area contributed by atoms with Crippen molar-refractivity contribution >= 4 is 23.2 Å². The summed E-state index contributed by atoms with van der Waals surface area (Å²) in [5.74, 6) is -0.0601. The normalized spacial score (nSPS) is 11.0. The Morgan fingerprint density at radius 3 is 1.87 bits per heavy atom. The summed E-state index contributed by atoms with van der Waals surface area (Å²) < 4.78 is 0. The van der Waals surface area contributed by atoms with Crippen LogP contribution >= 0.6 is 12.2 Å². The summed E-state index contributed by atoms with van der Waals surface area (Å²) in [5, 5.41) is 2.53. The lowest BCUT2D eigenvalue weighted by molar-refractivity contribution is -0.119. The number of carbonyl (C=O) groups excluding carboxylic acids is 1.